The highest BCUT2D eigenvalue weighted by Crippen LogP contribution is 2.31. The quantitative estimate of drug-likeness (QED) is 0.525. The molecule has 15 heavy (non-hydrogen) atoms. The van der Waals surface area contributed by atoms with E-state index in [1.165, 1.54) is 5.56 Å². The summed E-state index contributed by atoms with van der Waals surface area (Å²) < 4.78 is 19.8. The number of nitrogens with one attached hydrogen (secondary N) is 1. The van der Waals surface area contributed by atoms with E-state index in [4.69, 9.17) is 10.3 Å². The van der Waals surface area contributed by atoms with Crippen molar-refractivity contribution in [1.29, 1.82) is 0 Å². The molecule has 0 saturated heterocycles. The Balaban J connectivity index is 2.45. The van der Waals surface area contributed by atoms with Crippen LogP contribution in [0.1, 0.15) is 17.5 Å². The summed E-state index contributed by atoms with van der Waals surface area (Å²) in [4.78, 5) is 0. The van der Waals surface area contributed by atoms with E-state index < -0.39 is 11.1 Å². The minimum atomic E-state index is -1.84. The maximum atomic E-state index is 10.8. The van der Waals surface area contributed by atoms with Gasteiger partial charge in [0, 0.05) is 23.5 Å². The zero-order valence-corrected chi connectivity index (χ0v) is 9.14. The average Bonchev–Trinajstić information content (AvgIpc) is 2.22. The molecule has 82 valence electrons. The number of anilines is 2. The second kappa shape index (κ2) is 4.20. The number of nitrogen functional groups attached to an aromatic ring is 1. The SMILES string of the molecule is Nc1ccc2c(c1CS(=O)O)NCCC2. The van der Waals surface area contributed by atoms with Crippen molar-refractivity contribution >= 4 is 22.5 Å². The lowest BCUT2D eigenvalue weighted by Crippen LogP contribution is -2.15. The van der Waals surface area contributed by atoms with Crippen LogP contribution in [0, 0.1) is 0 Å². The van der Waals surface area contributed by atoms with Gasteiger partial charge in [-0.3, -0.25) is 0 Å². The molecule has 0 amide bonds. The van der Waals surface area contributed by atoms with E-state index in [0.29, 0.717) is 5.69 Å². The van der Waals surface area contributed by atoms with Crippen molar-refractivity contribution in [3.8, 4) is 0 Å². The molecule has 1 aliphatic rings. The summed E-state index contributed by atoms with van der Waals surface area (Å²) in [5.41, 5.74) is 9.32. The van der Waals surface area contributed by atoms with Gasteiger partial charge in [0.15, 0.2) is 11.1 Å². The molecule has 1 aromatic carbocycles. The highest BCUT2D eigenvalue weighted by Gasteiger charge is 2.16. The summed E-state index contributed by atoms with van der Waals surface area (Å²) in [6.45, 7) is 0.904. The number of hydrogen-bond donors (Lipinski definition) is 3. The van der Waals surface area contributed by atoms with Crippen LogP contribution in [0.3, 0.4) is 0 Å². The third-order valence-corrected chi connectivity index (χ3v) is 3.16. The summed E-state index contributed by atoms with van der Waals surface area (Å²) in [7, 11) is 0. The van der Waals surface area contributed by atoms with Gasteiger partial charge in [-0.2, -0.15) is 0 Å². The van der Waals surface area contributed by atoms with Crippen LogP contribution >= 0.6 is 0 Å². The highest BCUT2D eigenvalue weighted by atomic mass is 32.2. The average molecular weight is 226 g/mol. The van der Waals surface area contributed by atoms with E-state index in [1.807, 2.05) is 12.1 Å². The molecule has 0 fully saturated rings. The van der Waals surface area contributed by atoms with Gasteiger partial charge in [-0.15, -0.1) is 0 Å². The van der Waals surface area contributed by atoms with Crippen LogP contribution in [0.15, 0.2) is 12.1 Å². The number of nitrogens with two attached hydrogens (primary N) is 1. The smallest absolute Gasteiger partial charge is 0.157 e. The normalized spacial score (nSPS) is 16.6. The first-order chi connectivity index (χ1) is 7.18. The lowest BCUT2D eigenvalue weighted by Gasteiger charge is -2.22. The molecule has 1 heterocycles. The van der Waals surface area contributed by atoms with E-state index in [9.17, 15) is 4.21 Å². The molecule has 0 spiro atoms. The summed E-state index contributed by atoms with van der Waals surface area (Å²) in [5, 5.41) is 3.25. The van der Waals surface area contributed by atoms with Crippen LogP contribution in [0.5, 0.6) is 0 Å². The van der Waals surface area contributed by atoms with Crippen LogP contribution in [0.2, 0.25) is 0 Å². The maximum absolute atomic E-state index is 10.8. The Morgan fingerprint density at radius 1 is 1.53 bits per heavy atom. The number of hydrogen-bond acceptors (Lipinski definition) is 3. The minimum Gasteiger partial charge on any atom is -0.398 e. The molecule has 0 saturated carbocycles. The Bertz CT molecular complexity index is 407. The molecule has 2 rings (SSSR count). The fourth-order valence-corrected chi connectivity index (χ4v) is 2.47. The Hall–Kier alpha value is -1.07. The second-order valence-electron chi connectivity index (χ2n) is 3.66. The van der Waals surface area contributed by atoms with Crippen molar-refractivity contribution in [2.24, 2.45) is 0 Å². The van der Waals surface area contributed by atoms with Crippen molar-refractivity contribution in [3.63, 3.8) is 0 Å². The van der Waals surface area contributed by atoms with Crippen LogP contribution < -0.4 is 11.1 Å². The molecule has 1 aromatic rings. The Kier molecular flexibility index (Phi) is 2.93. The van der Waals surface area contributed by atoms with E-state index in [2.05, 4.69) is 5.32 Å². The van der Waals surface area contributed by atoms with Gasteiger partial charge in [0.05, 0.1) is 5.75 Å². The zero-order chi connectivity index (χ0) is 10.8. The minimum absolute atomic E-state index is 0.0992. The molecule has 0 radical (unpaired) electrons. The first-order valence-corrected chi connectivity index (χ1v) is 6.17. The van der Waals surface area contributed by atoms with Crippen molar-refractivity contribution in [1.82, 2.24) is 0 Å². The molecule has 1 aliphatic heterocycles. The Morgan fingerprint density at radius 3 is 3.07 bits per heavy atom. The summed E-state index contributed by atoms with van der Waals surface area (Å²) in [6.07, 6.45) is 2.10. The first kappa shape index (κ1) is 10.4. The van der Waals surface area contributed by atoms with Gasteiger partial charge < -0.3 is 15.6 Å². The lowest BCUT2D eigenvalue weighted by atomic mass is 9.99. The summed E-state index contributed by atoms with van der Waals surface area (Å²) >= 11 is -1.84. The Morgan fingerprint density at radius 2 is 2.33 bits per heavy atom. The molecule has 1 unspecified atom stereocenters. The lowest BCUT2D eigenvalue weighted by molar-refractivity contribution is 0.563. The van der Waals surface area contributed by atoms with Crippen molar-refractivity contribution in [2.45, 2.75) is 18.6 Å². The van der Waals surface area contributed by atoms with Crippen molar-refractivity contribution < 1.29 is 8.76 Å². The molecule has 1 atom stereocenters. The standard InChI is InChI=1S/C10H14N2O2S/c11-9-4-3-7-2-1-5-12-10(7)8(9)6-15(13)14/h3-4,12H,1-2,5-6,11H2,(H,13,14). The van der Waals surface area contributed by atoms with Gasteiger partial charge in [-0.25, -0.2) is 4.21 Å². The van der Waals surface area contributed by atoms with Crippen molar-refractivity contribution in [2.75, 3.05) is 17.6 Å². The van der Waals surface area contributed by atoms with Crippen LogP contribution in [-0.2, 0) is 23.3 Å². The zero-order valence-electron chi connectivity index (χ0n) is 8.32. The van der Waals surface area contributed by atoms with Gasteiger partial charge >= 0.3 is 0 Å². The molecule has 4 nitrogen and oxygen atoms in total. The topological polar surface area (TPSA) is 75.4 Å². The molecule has 0 bridgehead atoms. The molecule has 5 heteroatoms. The van der Waals surface area contributed by atoms with E-state index >= 15 is 0 Å². The van der Waals surface area contributed by atoms with Gasteiger partial charge in [0.2, 0.25) is 0 Å². The Labute approximate surface area is 91.2 Å². The van der Waals surface area contributed by atoms with Crippen LogP contribution in [0.4, 0.5) is 11.4 Å². The number of aryl methyl sites for hydroxylation is 1. The largest absolute Gasteiger partial charge is 0.398 e. The van der Waals surface area contributed by atoms with Gasteiger partial charge in [-0.05, 0) is 24.5 Å². The summed E-state index contributed by atoms with van der Waals surface area (Å²) in [6, 6.07) is 3.80. The molecule has 4 N–H and O–H groups in total. The van der Waals surface area contributed by atoms with Crippen molar-refractivity contribution in [3.05, 3.63) is 23.3 Å². The van der Waals surface area contributed by atoms with Gasteiger partial charge in [-0.1, -0.05) is 6.07 Å². The number of fused-ring (bicyclic) bond motifs is 1. The molecule has 0 aromatic heterocycles. The molecular weight excluding hydrogens is 212 g/mol. The number of benzene rings is 1. The highest BCUT2D eigenvalue weighted by molar-refractivity contribution is 7.78. The van der Waals surface area contributed by atoms with E-state index in [1.54, 1.807) is 0 Å². The van der Waals surface area contributed by atoms with E-state index in [0.717, 1.165) is 30.6 Å². The molecular formula is C10H14N2O2S. The predicted molar refractivity (Wildman–Crippen MR) is 62.1 cm³/mol. The van der Waals surface area contributed by atoms with Gasteiger partial charge in [0.1, 0.15) is 0 Å². The summed E-state index contributed by atoms with van der Waals surface area (Å²) in [5.74, 6) is 0.0992. The second-order valence-corrected chi connectivity index (χ2v) is 4.60. The third-order valence-electron chi connectivity index (χ3n) is 2.63. The monoisotopic (exact) mass is 226 g/mol. The van der Waals surface area contributed by atoms with Crippen LogP contribution in [0.25, 0.3) is 0 Å². The fraction of sp³-hybridized carbons (Fsp3) is 0.400. The maximum Gasteiger partial charge on any atom is 0.157 e. The first-order valence-electron chi connectivity index (χ1n) is 4.90. The number of rotatable bonds is 2. The van der Waals surface area contributed by atoms with E-state index in [-0.39, 0.29) is 5.75 Å². The fourth-order valence-electron chi connectivity index (χ4n) is 1.91. The van der Waals surface area contributed by atoms with Crippen LogP contribution in [-0.4, -0.2) is 15.3 Å². The third kappa shape index (κ3) is 2.13. The van der Waals surface area contributed by atoms with Gasteiger partial charge in [0.25, 0.3) is 0 Å². The predicted octanol–water partition coefficient (Wildman–Crippen LogP) is 1.35. The molecule has 0 aliphatic carbocycles.